The summed E-state index contributed by atoms with van der Waals surface area (Å²) in [5.74, 6) is -0.504. The Hall–Kier alpha value is -3.14. The second kappa shape index (κ2) is 7.42. The summed E-state index contributed by atoms with van der Waals surface area (Å²) in [4.78, 5) is 36.4. The van der Waals surface area contributed by atoms with E-state index in [0.29, 0.717) is 12.2 Å². The summed E-state index contributed by atoms with van der Waals surface area (Å²) in [6.07, 6.45) is 2.10. The number of aromatic nitrogens is 2. The van der Waals surface area contributed by atoms with Crippen molar-refractivity contribution in [3.8, 4) is 6.07 Å². The molecule has 1 aromatic heterocycles. The van der Waals surface area contributed by atoms with Gasteiger partial charge >= 0.3 is 5.69 Å². The highest BCUT2D eigenvalue weighted by Gasteiger charge is 2.13. The highest BCUT2D eigenvalue weighted by Crippen LogP contribution is 2.09. The second-order valence-corrected chi connectivity index (χ2v) is 5.21. The molecule has 1 N–H and O–H groups in total. The van der Waals surface area contributed by atoms with Crippen molar-refractivity contribution in [1.82, 2.24) is 9.13 Å². The van der Waals surface area contributed by atoms with Crippen LogP contribution in [0, 0.1) is 11.3 Å². The molecule has 124 valence electrons. The quantitative estimate of drug-likeness (QED) is 0.890. The number of benzene rings is 1. The average molecular weight is 326 g/mol. The molecule has 0 spiro atoms. The Balaban J connectivity index is 2.27. The smallest absolute Gasteiger partial charge is 0.325 e. The second-order valence-electron chi connectivity index (χ2n) is 5.21. The van der Waals surface area contributed by atoms with Gasteiger partial charge in [0.1, 0.15) is 18.2 Å². The fourth-order valence-corrected chi connectivity index (χ4v) is 2.26. The van der Waals surface area contributed by atoms with Gasteiger partial charge in [-0.2, -0.15) is 5.26 Å². The van der Waals surface area contributed by atoms with Gasteiger partial charge in [-0.25, -0.2) is 9.36 Å². The van der Waals surface area contributed by atoms with Crippen LogP contribution in [0.4, 0.5) is 5.69 Å². The Bertz CT molecular complexity index is 901. The zero-order chi connectivity index (χ0) is 17.7. The first-order chi connectivity index (χ1) is 11.5. The van der Waals surface area contributed by atoms with Crippen molar-refractivity contribution in [3.05, 3.63) is 62.4 Å². The molecule has 2 aromatic rings. The van der Waals surface area contributed by atoms with Crippen molar-refractivity contribution < 1.29 is 4.79 Å². The molecule has 24 heavy (non-hydrogen) atoms. The number of carbonyl (C=O) groups is 1. The minimum atomic E-state index is -0.760. The number of aryl methyl sites for hydroxylation is 2. The summed E-state index contributed by atoms with van der Waals surface area (Å²) >= 11 is 0. The molecule has 0 fully saturated rings. The number of nitrogens with one attached hydrogen (secondary N) is 1. The summed E-state index contributed by atoms with van der Waals surface area (Å²) in [5, 5.41) is 11.6. The third kappa shape index (κ3) is 3.60. The van der Waals surface area contributed by atoms with Crippen LogP contribution in [0.15, 0.2) is 40.1 Å². The minimum absolute atomic E-state index is 0.170. The summed E-state index contributed by atoms with van der Waals surface area (Å²) in [6, 6.07) is 9.05. The Morgan fingerprint density at radius 3 is 2.42 bits per heavy atom. The van der Waals surface area contributed by atoms with Gasteiger partial charge in [-0.15, -0.1) is 0 Å². The largest absolute Gasteiger partial charge is 0.331 e. The van der Waals surface area contributed by atoms with Crippen LogP contribution in [0.2, 0.25) is 0 Å². The lowest BCUT2D eigenvalue weighted by atomic mass is 10.1. The molecule has 1 aromatic carbocycles. The molecule has 2 rings (SSSR count). The molecule has 0 bridgehead atoms. The van der Waals surface area contributed by atoms with E-state index in [2.05, 4.69) is 5.32 Å². The molecule has 7 heteroatoms. The number of anilines is 1. The van der Waals surface area contributed by atoms with Crippen LogP contribution in [-0.2, 0) is 24.3 Å². The summed E-state index contributed by atoms with van der Waals surface area (Å²) in [7, 11) is 0. The van der Waals surface area contributed by atoms with Crippen LogP contribution in [-0.4, -0.2) is 15.0 Å². The molecule has 0 aliphatic rings. The summed E-state index contributed by atoms with van der Waals surface area (Å²) < 4.78 is 2.00. The number of carbonyl (C=O) groups excluding carboxylic acids is 1. The maximum Gasteiger partial charge on any atom is 0.331 e. The lowest BCUT2D eigenvalue weighted by Gasteiger charge is -2.10. The molecule has 0 aliphatic carbocycles. The first-order valence-corrected chi connectivity index (χ1v) is 7.63. The zero-order valence-corrected chi connectivity index (χ0v) is 13.6. The van der Waals surface area contributed by atoms with Crippen LogP contribution in [0.1, 0.15) is 25.0 Å². The van der Waals surface area contributed by atoms with E-state index < -0.39 is 23.7 Å². The fourth-order valence-electron chi connectivity index (χ4n) is 2.26. The monoisotopic (exact) mass is 326 g/mol. The molecule has 0 saturated carbocycles. The van der Waals surface area contributed by atoms with Gasteiger partial charge in [-0.3, -0.25) is 14.2 Å². The van der Waals surface area contributed by atoms with Crippen molar-refractivity contribution in [1.29, 1.82) is 5.26 Å². The van der Waals surface area contributed by atoms with E-state index in [1.807, 2.05) is 19.1 Å². The molecular formula is C17H18N4O3. The van der Waals surface area contributed by atoms with E-state index in [0.717, 1.165) is 16.6 Å². The normalized spacial score (nSPS) is 10.2. The topological polar surface area (TPSA) is 96.9 Å². The summed E-state index contributed by atoms with van der Waals surface area (Å²) in [5.41, 5.74) is 0.174. The van der Waals surface area contributed by atoms with Gasteiger partial charge in [0.15, 0.2) is 0 Å². The molecule has 0 saturated heterocycles. The predicted molar refractivity (Wildman–Crippen MR) is 89.8 cm³/mol. The van der Waals surface area contributed by atoms with Gasteiger partial charge in [0.05, 0.1) is 0 Å². The van der Waals surface area contributed by atoms with Crippen molar-refractivity contribution in [2.24, 2.45) is 0 Å². The van der Waals surface area contributed by atoms with E-state index in [1.54, 1.807) is 25.1 Å². The van der Waals surface area contributed by atoms with E-state index in [1.165, 1.54) is 10.8 Å². The first-order valence-electron chi connectivity index (χ1n) is 7.63. The van der Waals surface area contributed by atoms with Crippen LogP contribution < -0.4 is 16.6 Å². The Morgan fingerprint density at radius 1 is 1.21 bits per heavy atom. The average Bonchev–Trinajstić information content (AvgIpc) is 2.59. The fraction of sp³-hybridized carbons (Fsp3) is 0.294. The number of hydrogen-bond donors (Lipinski definition) is 1. The molecule has 7 nitrogen and oxygen atoms in total. The van der Waals surface area contributed by atoms with Crippen molar-refractivity contribution in [2.75, 3.05) is 5.32 Å². The molecule has 0 aliphatic heterocycles. The standard InChI is InChI=1S/C17H18N4O3/c1-3-12-5-7-14(8-6-12)19-15(22)11-21-16(23)13(9-18)10-20(4-2)17(21)24/h5-8,10H,3-4,11H2,1-2H3,(H,19,22). The Labute approximate surface area is 138 Å². The zero-order valence-electron chi connectivity index (χ0n) is 13.6. The maximum atomic E-state index is 12.2. The van der Waals surface area contributed by atoms with Crippen LogP contribution in [0.3, 0.4) is 0 Å². The van der Waals surface area contributed by atoms with Crippen molar-refractivity contribution in [2.45, 2.75) is 33.4 Å². The number of nitrogens with zero attached hydrogens (tertiary/aromatic N) is 3. The minimum Gasteiger partial charge on any atom is -0.325 e. The van der Waals surface area contributed by atoms with Crippen molar-refractivity contribution >= 4 is 11.6 Å². The number of amides is 1. The van der Waals surface area contributed by atoms with Crippen molar-refractivity contribution in [3.63, 3.8) is 0 Å². The Morgan fingerprint density at radius 2 is 1.88 bits per heavy atom. The molecule has 0 radical (unpaired) electrons. The van der Waals surface area contributed by atoms with E-state index in [4.69, 9.17) is 5.26 Å². The van der Waals surface area contributed by atoms with E-state index >= 15 is 0 Å². The highest BCUT2D eigenvalue weighted by molar-refractivity contribution is 5.90. The SMILES string of the molecule is CCc1ccc(NC(=O)Cn2c(=O)c(C#N)cn(CC)c2=O)cc1. The van der Waals surface area contributed by atoms with Crippen LogP contribution in [0.25, 0.3) is 0 Å². The number of hydrogen-bond acceptors (Lipinski definition) is 4. The van der Waals surface area contributed by atoms with Gasteiger partial charge < -0.3 is 5.32 Å². The van der Waals surface area contributed by atoms with Gasteiger partial charge in [0.25, 0.3) is 5.56 Å². The van der Waals surface area contributed by atoms with E-state index in [9.17, 15) is 14.4 Å². The first kappa shape index (κ1) is 17.2. The van der Waals surface area contributed by atoms with Gasteiger partial charge in [-0.05, 0) is 31.0 Å². The maximum absolute atomic E-state index is 12.2. The van der Waals surface area contributed by atoms with Gasteiger partial charge in [-0.1, -0.05) is 19.1 Å². The van der Waals surface area contributed by atoms with Crippen LogP contribution in [0.5, 0.6) is 0 Å². The third-order valence-electron chi connectivity index (χ3n) is 3.65. The molecule has 1 heterocycles. The van der Waals surface area contributed by atoms with Crippen LogP contribution >= 0.6 is 0 Å². The highest BCUT2D eigenvalue weighted by atomic mass is 16.2. The molecular weight excluding hydrogens is 308 g/mol. The van der Waals surface area contributed by atoms with Gasteiger partial charge in [0, 0.05) is 18.4 Å². The van der Waals surface area contributed by atoms with Gasteiger partial charge in [0.2, 0.25) is 5.91 Å². The third-order valence-corrected chi connectivity index (χ3v) is 3.65. The predicted octanol–water partition coefficient (Wildman–Crippen LogP) is 1.10. The number of rotatable bonds is 5. The lowest BCUT2D eigenvalue weighted by molar-refractivity contribution is -0.116. The molecule has 0 unspecified atom stereocenters. The van der Waals surface area contributed by atoms with E-state index in [-0.39, 0.29) is 5.56 Å². The Kier molecular flexibility index (Phi) is 5.32. The molecule has 1 amide bonds. The summed E-state index contributed by atoms with van der Waals surface area (Å²) in [6.45, 7) is 3.60. The lowest BCUT2D eigenvalue weighted by Crippen LogP contribution is -2.43. The molecule has 0 atom stereocenters. The number of nitriles is 1.